The lowest BCUT2D eigenvalue weighted by molar-refractivity contribution is 0.262. The lowest BCUT2D eigenvalue weighted by Gasteiger charge is -2.11. The number of hydrogen-bond acceptors (Lipinski definition) is 6. The van der Waals surface area contributed by atoms with E-state index in [1.807, 2.05) is 35.9 Å². The van der Waals surface area contributed by atoms with Gasteiger partial charge in [-0.05, 0) is 49.4 Å². The summed E-state index contributed by atoms with van der Waals surface area (Å²) in [6.45, 7) is 1.83. The monoisotopic (exact) mass is 449 g/mol. The molecule has 4 rings (SSSR count). The number of carbonyl (C=O) groups excluding carboxylic acids is 1. The number of nitrogens with one attached hydrogen (secondary N) is 3. The SMILES string of the molecule is COc1ccc(NC(=O)Nc2ccc(Nc3cc(-n4ccnc4)nc(C)n3)cc2)cc1Cl. The van der Waals surface area contributed by atoms with E-state index >= 15 is 0 Å². The summed E-state index contributed by atoms with van der Waals surface area (Å²) in [7, 11) is 1.53. The Labute approximate surface area is 189 Å². The fraction of sp³-hybridized carbons (Fsp3) is 0.0909. The summed E-state index contributed by atoms with van der Waals surface area (Å²) in [6.07, 6.45) is 5.18. The standard InChI is InChI=1S/C22H20ClN7O2/c1-14-25-20(12-21(26-14)30-10-9-24-13-30)27-15-3-5-16(6-4-15)28-22(31)29-17-7-8-19(32-2)18(23)11-17/h3-13H,1-2H3,(H,25,26,27)(H2,28,29,31). The number of methoxy groups -OCH3 is 1. The molecule has 0 saturated carbocycles. The molecule has 2 heterocycles. The van der Waals surface area contributed by atoms with Crippen LogP contribution in [0.15, 0.2) is 67.3 Å². The highest BCUT2D eigenvalue weighted by Gasteiger charge is 2.07. The van der Waals surface area contributed by atoms with Crippen molar-refractivity contribution in [2.75, 3.05) is 23.1 Å². The van der Waals surface area contributed by atoms with Gasteiger partial charge in [-0.25, -0.2) is 19.7 Å². The normalized spacial score (nSPS) is 10.5. The van der Waals surface area contributed by atoms with Crippen LogP contribution in [0.1, 0.15) is 5.82 Å². The van der Waals surface area contributed by atoms with Crippen LogP contribution in [-0.2, 0) is 0 Å². The molecule has 9 nitrogen and oxygen atoms in total. The second-order valence-electron chi connectivity index (χ2n) is 6.76. The van der Waals surface area contributed by atoms with Gasteiger partial charge in [0, 0.05) is 35.5 Å². The molecule has 10 heteroatoms. The average Bonchev–Trinajstić information content (AvgIpc) is 3.30. The largest absolute Gasteiger partial charge is 0.495 e. The topological polar surface area (TPSA) is 106 Å². The molecule has 0 unspecified atom stereocenters. The predicted molar refractivity (Wildman–Crippen MR) is 124 cm³/mol. The van der Waals surface area contributed by atoms with Crippen LogP contribution in [0.4, 0.5) is 27.7 Å². The molecule has 0 atom stereocenters. The molecule has 0 spiro atoms. The Hall–Kier alpha value is -4.11. The number of halogens is 1. The Bertz CT molecular complexity index is 1230. The molecule has 0 aliphatic heterocycles. The fourth-order valence-corrected chi connectivity index (χ4v) is 3.22. The van der Waals surface area contributed by atoms with E-state index in [4.69, 9.17) is 16.3 Å². The maximum absolute atomic E-state index is 12.3. The number of rotatable bonds is 6. The third-order valence-electron chi connectivity index (χ3n) is 4.42. The molecule has 2 aromatic heterocycles. The van der Waals surface area contributed by atoms with Gasteiger partial charge in [-0.15, -0.1) is 0 Å². The minimum absolute atomic E-state index is 0.386. The molecule has 0 bridgehead atoms. The maximum atomic E-state index is 12.3. The number of urea groups is 1. The number of hydrogen-bond donors (Lipinski definition) is 3. The lowest BCUT2D eigenvalue weighted by Crippen LogP contribution is -2.19. The lowest BCUT2D eigenvalue weighted by atomic mass is 10.2. The van der Waals surface area contributed by atoms with Gasteiger partial charge in [0.1, 0.15) is 29.5 Å². The fourth-order valence-electron chi connectivity index (χ4n) is 2.97. The van der Waals surface area contributed by atoms with Gasteiger partial charge in [0.25, 0.3) is 0 Å². The van der Waals surface area contributed by atoms with Gasteiger partial charge >= 0.3 is 6.03 Å². The van der Waals surface area contributed by atoms with Crippen LogP contribution in [0.5, 0.6) is 5.75 Å². The van der Waals surface area contributed by atoms with Crippen LogP contribution in [0, 0.1) is 6.92 Å². The van der Waals surface area contributed by atoms with Crippen LogP contribution >= 0.6 is 11.6 Å². The Balaban J connectivity index is 1.39. The van der Waals surface area contributed by atoms with Gasteiger partial charge in [-0.2, -0.15) is 0 Å². The number of benzene rings is 2. The first kappa shape index (κ1) is 21.1. The van der Waals surface area contributed by atoms with E-state index in [1.54, 1.807) is 42.9 Å². The molecule has 2 aromatic carbocycles. The van der Waals surface area contributed by atoms with Gasteiger partial charge < -0.3 is 20.7 Å². The van der Waals surface area contributed by atoms with Crippen molar-refractivity contribution in [3.05, 3.63) is 78.1 Å². The van der Waals surface area contributed by atoms with Crippen LogP contribution in [-0.4, -0.2) is 32.7 Å². The van der Waals surface area contributed by atoms with Crippen LogP contribution in [0.3, 0.4) is 0 Å². The van der Waals surface area contributed by atoms with Crippen LogP contribution in [0.2, 0.25) is 5.02 Å². The van der Waals surface area contributed by atoms with Crippen molar-refractivity contribution in [2.45, 2.75) is 6.92 Å². The quantitative estimate of drug-likeness (QED) is 0.381. The zero-order chi connectivity index (χ0) is 22.5. The molecule has 0 fully saturated rings. The number of aromatic nitrogens is 4. The summed E-state index contributed by atoms with van der Waals surface area (Å²) in [6, 6.07) is 13.7. The summed E-state index contributed by atoms with van der Waals surface area (Å²) in [4.78, 5) is 25.2. The van der Waals surface area contributed by atoms with Crippen molar-refractivity contribution in [3.63, 3.8) is 0 Å². The Morgan fingerprint density at radius 2 is 1.72 bits per heavy atom. The van der Waals surface area contributed by atoms with Gasteiger partial charge in [0.2, 0.25) is 0 Å². The first-order valence-corrected chi connectivity index (χ1v) is 10.0. The molecule has 32 heavy (non-hydrogen) atoms. The Kier molecular flexibility index (Phi) is 6.18. The highest BCUT2D eigenvalue weighted by Crippen LogP contribution is 2.27. The predicted octanol–water partition coefficient (Wildman–Crippen LogP) is 5.02. The van der Waals surface area contributed by atoms with Crippen molar-refractivity contribution < 1.29 is 9.53 Å². The summed E-state index contributed by atoms with van der Waals surface area (Å²) in [5.41, 5.74) is 2.00. The van der Waals surface area contributed by atoms with E-state index in [2.05, 4.69) is 30.9 Å². The van der Waals surface area contributed by atoms with Crippen molar-refractivity contribution >= 4 is 40.5 Å². The van der Waals surface area contributed by atoms with Gasteiger partial charge in [0.05, 0.1) is 12.1 Å². The van der Waals surface area contributed by atoms with E-state index in [1.165, 1.54) is 7.11 Å². The first-order chi connectivity index (χ1) is 15.5. The summed E-state index contributed by atoms with van der Waals surface area (Å²) in [5.74, 6) is 2.53. The molecular formula is C22H20ClN7O2. The van der Waals surface area contributed by atoms with Gasteiger partial charge in [0.15, 0.2) is 0 Å². The molecule has 3 N–H and O–H groups in total. The number of anilines is 4. The minimum Gasteiger partial charge on any atom is -0.495 e. The van der Waals surface area contributed by atoms with E-state index in [0.717, 1.165) is 5.69 Å². The van der Waals surface area contributed by atoms with Crippen molar-refractivity contribution in [1.29, 1.82) is 0 Å². The molecule has 0 aliphatic carbocycles. The number of imidazole rings is 1. The Morgan fingerprint density at radius 3 is 2.41 bits per heavy atom. The number of carbonyl (C=O) groups is 1. The first-order valence-electron chi connectivity index (χ1n) is 9.63. The molecule has 162 valence electrons. The van der Waals surface area contributed by atoms with Crippen molar-refractivity contribution in [1.82, 2.24) is 19.5 Å². The molecular weight excluding hydrogens is 430 g/mol. The number of aryl methyl sites for hydroxylation is 1. The second-order valence-corrected chi connectivity index (χ2v) is 7.17. The van der Waals surface area contributed by atoms with Gasteiger partial charge in [-0.1, -0.05) is 11.6 Å². The Morgan fingerprint density at radius 1 is 1.00 bits per heavy atom. The molecule has 0 saturated heterocycles. The average molecular weight is 450 g/mol. The molecule has 0 radical (unpaired) electrons. The van der Waals surface area contributed by atoms with Crippen LogP contribution < -0.4 is 20.7 Å². The highest BCUT2D eigenvalue weighted by atomic mass is 35.5. The van der Waals surface area contributed by atoms with Gasteiger partial charge in [-0.3, -0.25) is 4.57 Å². The van der Waals surface area contributed by atoms with Crippen molar-refractivity contribution in [3.8, 4) is 11.6 Å². The van der Waals surface area contributed by atoms with E-state index in [9.17, 15) is 4.79 Å². The highest BCUT2D eigenvalue weighted by molar-refractivity contribution is 6.32. The van der Waals surface area contributed by atoms with E-state index in [-0.39, 0.29) is 6.03 Å². The molecule has 4 aromatic rings. The zero-order valence-corrected chi connectivity index (χ0v) is 18.1. The minimum atomic E-state index is -0.386. The third-order valence-corrected chi connectivity index (χ3v) is 4.71. The van der Waals surface area contributed by atoms with Crippen molar-refractivity contribution in [2.24, 2.45) is 0 Å². The van der Waals surface area contributed by atoms with Crippen LogP contribution in [0.25, 0.3) is 5.82 Å². The smallest absolute Gasteiger partial charge is 0.323 e. The number of ether oxygens (including phenoxy) is 1. The van der Waals surface area contributed by atoms with E-state index in [0.29, 0.717) is 39.6 Å². The second kappa shape index (κ2) is 9.36. The maximum Gasteiger partial charge on any atom is 0.323 e. The van der Waals surface area contributed by atoms with E-state index < -0.39 is 0 Å². The summed E-state index contributed by atoms with van der Waals surface area (Å²) >= 11 is 6.09. The summed E-state index contributed by atoms with van der Waals surface area (Å²) in [5, 5.41) is 9.17. The molecule has 2 amide bonds. The third kappa shape index (κ3) is 5.13. The number of amides is 2. The number of nitrogens with zero attached hydrogens (tertiary/aromatic N) is 4. The molecule has 0 aliphatic rings. The summed E-state index contributed by atoms with van der Waals surface area (Å²) < 4.78 is 6.92. The zero-order valence-electron chi connectivity index (χ0n) is 17.3.